The van der Waals surface area contributed by atoms with E-state index in [2.05, 4.69) is 5.32 Å². The molecule has 1 aromatic carbocycles. The molecular formula is C16H20N2O2. The number of aryl methyl sites for hydroxylation is 1. The number of hydrogen-bond donors (Lipinski definition) is 1. The second kappa shape index (κ2) is 5.65. The fraction of sp³-hybridized carbons (Fsp3) is 0.500. The monoisotopic (exact) mass is 272 g/mol. The van der Waals surface area contributed by atoms with Gasteiger partial charge >= 0.3 is 0 Å². The number of hydrogen-bond acceptors (Lipinski definition) is 2. The molecule has 20 heavy (non-hydrogen) atoms. The van der Waals surface area contributed by atoms with E-state index in [1.165, 1.54) is 5.56 Å². The zero-order valence-electron chi connectivity index (χ0n) is 11.5. The molecule has 106 valence electrons. The van der Waals surface area contributed by atoms with Crippen LogP contribution >= 0.6 is 0 Å². The number of carbonyl (C=O) groups excluding carboxylic acids is 2. The normalized spacial score (nSPS) is 22.1. The molecule has 1 heterocycles. The summed E-state index contributed by atoms with van der Waals surface area (Å²) in [6.07, 6.45) is 3.95. The van der Waals surface area contributed by atoms with Crippen molar-refractivity contribution in [1.82, 2.24) is 10.2 Å². The van der Waals surface area contributed by atoms with Gasteiger partial charge in [0.05, 0.1) is 6.04 Å². The topological polar surface area (TPSA) is 49.4 Å². The minimum absolute atomic E-state index is 0.00590. The molecule has 0 bridgehead atoms. The van der Waals surface area contributed by atoms with Gasteiger partial charge in [-0.15, -0.1) is 0 Å². The lowest BCUT2D eigenvalue weighted by Crippen LogP contribution is -2.37. The smallest absolute Gasteiger partial charge is 0.225 e. The number of carbonyl (C=O) groups is 2. The third kappa shape index (κ3) is 3.18. The average molecular weight is 272 g/mol. The van der Waals surface area contributed by atoms with Crippen molar-refractivity contribution in [3.63, 3.8) is 0 Å². The van der Waals surface area contributed by atoms with Crippen LogP contribution in [0, 0.1) is 0 Å². The maximum atomic E-state index is 11.9. The molecule has 2 fully saturated rings. The zero-order valence-corrected chi connectivity index (χ0v) is 11.5. The number of nitrogens with one attached hydrogen (secondary N) is 1. The maximum Gasteiger partial charge on any atom is 0.225 e. The molecule has 0 spiro atoms. The van der Waals surface area contributed by atoms with Crippen molar-refractivity contribution in [3.8, 4) is 0 Å². The molecule has 3 rings (SSSR count). The van der Waals surface area contributed by atoms with Crippen LogP contribution < -0.4 is 5.32 Å². The largest absolute Gasteiger partial charge is 0.351 e. The van der Waals surface area contributed by atoms with Crippen molar-refractivity contribution in [1.29, 1.82) is 0 Å². The van der Waals surface area contributed by atoms with E-state index in [9.17, 15) is 9.59 Å². The van der Waals surface area contributed by atoms with Gasteiger partial charge in [-0.2, -0.15) is 0 Å². The Morgan fingerprint density at radius 3 is 2.70 bits per heavy atom. The molecule has 1 saturated carbocycles. The molecule has 1 aliphatic heterocycles. The third-order valence-electron chi connectivity index (χ3n) is 3.99. The van der Waals surface area contributed by atoms with Gasteiger partial charge in [-0.05, 0) is 24.8 Å². The first kappa shape index (κ1) is 13.2. The highest BCUT2D eigenvalue weighted by Crippen LogP contribution is 2.30. The summed E-state index contributed by atoms with van der Waals surface area (Å²) < 4.78 is 0. The molecule has 2 amide bonds. The van der Waals surface area contributed by atoms with E-state index >= 15 is 0 Å². The van der Waals surface area contributed by atoms with Crippen molar-refractivity contribution in [2.24, 2.45) is 0 Å². The lowest BCUT2D eigenvalue weighted by Gasteiger charge is -2.16. The summed E-state index contributed by atoms with van der Waals surface area (Å²) >= 11 is 0. The Labute approximate surface area is 119 Å². The Morgan fingerprint density at radius 1 is 1.25 bits per heavy atom. The average Bonchev–Trinajstić information content (AvgIpc) is 3.22. The van der Waals surface area contributed by atoms with Crippen molar-refractivity contribution in [2.45, 2.75) is 44.2 Å². The van der Waals surface area contributed by atoms with Gasteiger partial charge in [-0.3, -0.25) is 9.59 Å². The number of rotatable bonds is 5. The second-order valence-corrected chi connectivity index (χ2v) is 5.73. The van der Waals surface area contributed by atoms with Gasteiger partial charge in [0.15, 0.2) is 0 Å². The first-order valence-corrected chi connectivity index (χ1v) is 7.35. The number of nitrogens with zero attached hydrogens (tertiary/aromatic N) is 1. The molecule has 0 radical (unpaired) electrons. The Morgan fingerprint density at radius 2 is 2.00 bits per heavy atom. The highest BCUT2D eigenvalue weighted by atomic mass is 16.2. The van der Waals surface area contributed by atoms with Crippen LogP contribution in [0.25, 0.3) is 0 Å². The lowest BCUT2D eigenvalue weighted by molar-refractivity contribution is -0.128. The van der Waals surface area contributed by atoms with Crippen LogP contribution in [0.1, 0.15) is 31.2 Å². The fourth-order valence-electron chi connectivity index (χ4n) is 2.77. The fourth-order valence-corrected chi connectivity index (χ4v) is 2.77. The van der Waals surface area contributed by atoms with Crippen LogP contribution in [0.4, 0.5) is 0 Å². The first-order valence-electron chi connectivity index (χ1n) is 7.35. The summed E-state index contributed by atoms with van der Waals surface area (Å²) in [5.74, 6) is 0.241. The predicted molar refractivity (Wildman–Crippen MR) is 76.0 cm³/mol. The predicted octanol–water partition coefficient (Wildman–Crippen LogP) is 1.50. The summed E-state index contributed by atoms with van der Waals surface area (Å²) in [6, 6.07) is 10.5. The standard InChI is InChI=1S/C16H20N2O2/c19-15(9-6-12-4-2-1-3-5-12)17-13-10-16(20)18(11-13)14-7-8-14/h1-5,13-14H,6-11H2,(H,17,19). The van der Waals surface area contributed by atoms with Crippen LogP contribution in [0.3, 0.4) is 0 Å². The minimum atomic E-state index is 0.00590. The van der Waals surface area contributed by atoms with E-state index in [1.807, 2.05) is 35.2 Å². The molecule has 1 atom stereocenters. The van der Waals surface area contributed by atoms with Crippen LogP contribution in [0.5, 0.6) is 0 Å². The molecule has 0 aromatic heterocycles. The van der Waals surface area contributed by atoms with Crippen molar-refractivity contribution >= 4 is 11.8 Å². The molecule has 1 unspecified atom stereocenters. The Hall–Kier alpha value is -1.84. The number of benzene rings is 1. The zero-order chi connectivity index (χ0) is 13.9. The highest BCUT2D eigenvalue weighted by Gasteiger charge is 2.39. The molecule has 4 heteroatoms. The molecule has 1 aliphatic carbocycles. The lowest BCUT2D eigenvalue weighted by atomic mass is 10.1. The van der Waals surface area contributed by atoms with Crippen molar-refractivity contribution in [2.75, 3.05) is 6.54 Å². The summed E-state index contributed by atoms with van der Waals surface area (Å²) in [5, 5.41) is 2.99. The van der Waals surface area contributed by atoms with E-state index in [4.69, 9.17) is 0 Å². The van der Waals surface area contributed by atoms with E-state index < -0.39 is 0 Å². The maximum absolute atomic E-state index is 11.9. The molecule has 1 N–H and O–H groups in total. The highest BCUT2D eigenvalue weighted by molar-refractivity contribution is 5.82. The van der Waals surface area contributed by atoms with Gasteiger partial charge in [0.25, 0.3) is 0 Å². The minimum Gasteiger partial charge on any atom is -0.351 e. The van der Waals surface area contributed by atoms with Crippen LogP contribution in [-0.4, -0.2) is 35.3 Å². The summed E-state index contributed by atoms with van der Waals surface area (Å²) in [7, 11) is 0. The Bertz CT molecular complexity index is 496. The van der Waals surface area contributed by atoms with Crippen LogP contribution in [0.15, 0.2) is 30.3 Å². The van der Waals surface area contributed by atoms with Gasteiger partial charge in [0.1, 0.15) is 0 Å². The SMILES string of the molecule is O=C(CCc1ccccc1)NC1CC(=O)N(C2CC2)C1. The Balaban J connectivity index is 1.44. The van der Waals surface area contributed by atoms with Gasteiger partial charge < -0.3 is 10.2 Å². The number of amides is 2. The summed E-state index contributed by atoms with van der Waals surface area (Å²) in [5.41, 5.74) is 1.17. The molecule has 4 nitrogen and oxygen atoms in total. The molecule has 2 aliphatic rings. The van der Waals surface area contributed by atoms with Crippen molar-refractivity contribution < 1.29 is 9.59 Å². The molecule has 1 aromatic rings. The van der Waals surface area contributed by atoms with E-state index in [0.717, 1.165) is 19.3 Å². The van der Waals surface area contributed by atoms with Gasteiger partial charge in [-0.25, -0.2) is 0 Å². The van der Waals surface area contributed by atoms with Gasteiger partial charge in [0, 0.05) is 25.4 Å². The van der Waals surface area contributed by atoms with E-state index in [0.29, 0.717) is 25.4 Å². The first-order chi connectivity index (χ1) is 9.72. The summed E-state index contributed by atoms with van der Waals surface area (Å²) in [6.45, 7) is 0.695. The van der Waals surface area contributed by atoms with Crippen molar-refractivity contribution in [3.05, 3.63) is 35.9 Å². The Kier molecular flexibility index (Phi) is 3.72. The third-order valence-corrected chi connectivity index (χ3v) is 3.99. The quantitative estimate of drug-likeness (QED) is 0.883. The van der Waals surface area contributed by atoms with Crippen LogP contribution in [0.2, 0.25) is 0 Å². The van der Waals surface area contributed by atoms with Gasteiger partial charge in [0.2, 0.25) is 11.8 Å². The van der Waals surface area contributed by atoms with Gasteiger partial charge in [-0.1, -0.05) is 30.3 Å². The van der Waals surface area contributed by atoms with E-state index in [-0.39, 0.29) is 17.9 Å². The van der Waals surface area contributed by atoms with Crippen LogP contribution in [-0.2, 0) is 16.0 Å². The van der Waals surface area contributed by atoms with E-state index in [1.54, 1.807) is 0 Å². The molecule has 1 saturated heterocycles. The molecular weight excluding hydrogens is 252 g/mol. The summed E-state index contributed by atoms with van der Waals surface area (Å²) in [4.78, 5) is 25.7. The number of likely N-dealkylation sites (tertiary alicyclic amines) is 1. The second-order valence-electron chi connectivity index (χ2n) is 5.73.